The minimum Gasteiger partial charge on any atom is -0.313 e. The second-order valence-electron chi connectivity index (χ2n) is 6.85. The fourth-order valence-electron chi connectivity index (χ4n) is 3.92. The summed E-state index contributed by atoms with van der Waals surface area (Å²) in [4.78, 5) is 0. The second kappa shape index (κ2) is 6.23. The van der Waals surface area contributed by atoms with Gasteiger partial charge in [0.1, 0.15) is 0 Å². The first-order valence-corrected chi connectivity index (χ1v) is 8.27. The number of nitrogens with two attached hydrogens (primary N) is 2. The van der Waals surface area contributed by atoms with Crippen LogP contribution in [0.3, 0.4) is 0 Å². The van der Waals surface area contributed by atoms with Gasteiger partial charge in [-0.1, -0.05) is 73.5 Å². The van der Waals surface area contributed by atoms with E-state index < -0.39 is 5.66 Å². The smallest absolute Gasteiger partial charge is 0.0700 e. The van der Waals surface area contributed by atoms with Crippen molar-refractivity contribution in [2.45, 2.75) is 44.2 Å². The summed E-state index contributed by atoms with van der Waals surface area (Å²) in [6.07, 6.45) is 6.27. The highest BCUT2D eigenvalue weighted by Crippen LogP contribution is 2.45. The standard InChI is InChI=1S/C20H26N2/c21-20(22)14-8-7-13-19(20,15-17-9-3-1-4-10-17)16-18-11-5-2-6-12-18/h1-6,9-12H,7-8,13-16,21-22H2. The van der Waals surface area contributed by atoms with Gasteiger partial charge >= 0.3 is 0 Å². The van der Waals surface area contributed by atoms with E-state index in [0.29, 0.717) is 0 Å². The maximum absolute atomic E-state index is 6.63. The average Bonchev–Trinajstić information content (AvgIpc) is 2.52. The molecule has 0 heterocycles. The molecule has 2 nitrogen and oxygen atoms in total. The second-order valence-corrected chi connectivity index (χ2v) is 6.85. The lowest BCUT2D eigenvalue weighted by atomic mass is 9.61. The Morgan fingerprint density at radius 2 is 1.14 bits per heavy atom. The van der Waals surface area contributed by atoms with Crippen LogP contribution in [0.1, 0.15) is 36.8 Å². The van der Waals surface area contributed by atoms with Crippen LogP contribution >= 0.6 is 0 Å². The number of benzene rings is 2. The van der Waals surface area contributed by atoms with Crippen LogP contribution in [-0.2, 0) is 12.8 Å². The van der Waals surface area contributed by atoms with Crippen LogP contribution in [0.15, 0.2) is 60.7 Å². The van der Waals surface area contributed by atoms with Gasteiger partial charge in [0.05, 0.1) is 5.66 Å². The Kier molecular flexibility index (Phi) is 4.32. The highest BCUT2D eigenvalue weighted by atomic mass is 15.0. The van der Waals surface area contributed by atoms with E-state index in [1.54, 1.807) is 0 Å². The predicted molar refractivity (Wildman–Crippen MR) is 92.3 cm³/mol. The van der Waals surface area contributed by atoms with Crippen molar-refractivity contribution in [2.24, 2.45) is 16.9 Å². The molecule has 2 aromatic carbocycles. The molecule has 0 spiro atoms. The molecule has 0 amide bonds. The summed E-state index contributed by atoms with van der Waals surface area (Å²) in [5.41, 5.74) is 15.3. The zero-order valence-electron chi connectivity index (χ0n) is 13.2. The summed E-state index contributed by atoms with van der Waals surface area (Å²) < 4.78 is 0. The normalized spacial score (nSPS) is 19.7. The van der Waals surface area contributed by atoms with Crippen molar-refractivity contribution >= 4 is 0 Å². The topological polar surface area (TPSA) is 52.0 Å². The lowest BCUT2D eigenvalue weighted by molar-refractivity contribution is 0.0642. The summed E-state index contributed by atoms with van der Waals surface area (Å²) >= 11 is 0. The zero-order chi connectivity index (χ0) is 15.5. The molecule has 22 heavy (non-hydrogen) atoms. The third kappa shape index (κ3) is 3.08. The van der Waals surface area contributed by atoms with Crippen LogP contribution in [0.25, 0.3) is 0 Å². The van der Waals surface area contributed by atoms with E-state index in [4.69, 9.17) is 11.5 Å². The first-order valence-electron chi connectivity index (χ1n) is 8.27. The van der Waals surface area contributed by atoms with Crippen molar-refractivity contribution in [1.82, 2.24) is 0 Å². The third-order valence-corrected chi connectivity index (χ3v) is 5.25. The Morgan fingerprint density at radius 3 is 1.59 bits per heavy atom. The molecule has 0 aromatic heterocycles. The van der Waals surface area contributed by atoms with Crippen molar-refractivity contribution in [3.8, 4) is 0 Å². The quantitative estimate of drug-likeness (QED) is 0.846. The molecule has 0 bridgehead atoms. The minimum atomic E-state index is -0.600. The Morgan fingerprint density at radius 1 is 0.682 bits per heavy atom. The monoisotopic (exact) mass is 294 g/mol. The molecule has 0 atom stereocenters. The van der Waals surface area contributed by atoms with E-state index in [0.717, 1.165) is 32.1 Å². The van der Waals surface area contributed by atoms with E-state index in [1.165, 1.54) is 17.5 Å². The summed E-state index contributed by atoms with van der Waals surface area (Å²) in [7, 11) is 0. The molecule has 2 aromatic rings. The molecule has 0 aliphatic heterocycles. The largest absolute Gasteiger partial charge is 0.313 e. The minimum absolute atomic E-state index is 0.0616. The van der Waals surface area contributed by atoms with Gasteiger partial charge in [-0.3, -0.25) is 0 Å². The Bertz CT molecular complexity index is 548. The predicted octanol–water partition coefficient (Wildman–Crippen LogP) is 3.65. The number of hydrogen-bond acceptors (Lipinski definition) is 2. The fraction of sp³-hybridized carbons (Fsp3) is 0.400. The van der Waals surface area contributed by atoms with Gasteiger partial charge in [-0.05, 0) is 36.8 Å². The molecule has 0 radical (unpaired) electrons. The first kappa shape index (κ1) is 15.3. The summed E-state index contributed by atoms with van der Waals surface area (Å²) in [6.45, 7) is 0. The van der Waals surface area contributed by atoms with E-state index in [-0.39, 0.29) is 5.41 Å². The van der Waals surface area contributed by atoms with Crippen LogP contribution in [-0.4, -0.2) is 5.66 Å². The van der Waals surface area contributed by atoms with Gasteiger partial charge in [-0.25, -0.2) is 0 Å². The van der Waals surface area contributed by atoms with Gasteiger partial charge in [0.2, 0.25) is 0 Å². The molecule has 1 aliphatic rings. The van der Waals surface area contributed by atoms with Gasteiger partial charge in [0.25, 0.3) is 0 Å². The molecule has 3 rings (SSSR count). The average molecular weight is 294 g/mol. The third-order valence-electron chi connectivity index (χ3n) is 5.25. The van der Waals surface area contributed by atoms with E-state index in [2.05, 4.69) is 60.7 Å². The summed E-state index contributed by atoms with van der Waals surface area (Å²) in [5.74, 6) is 0. The lowest BCUT2D eigenvalue weighted by Gasteiger charge is -2.50. The molecule has 4 N–H and O–H groups in total. The van der Waals surface area contributed by atoms with E-state index in [1.807, 2.05) is 0 Å². The Hall–Kier alpha value is -1.64. The molecule has 116 valence electrons. The number of rotatable bonds is 4. The molecular formula is C20H26N2. The maximum atomic E-state index is 6.63. The van der Waals surface area contributed by atoms with Crippen molar-refractivity contribution in [1.29, 1.82) is 0 Å². The molecule has 0 unspecified atom stereocenters. The van der Waals surface area contributed by atoms with Gasteiger partial charge in [-0.2, -0.15) is 0 Å². The van der Waals surface area contributed by atoms with Gasteiger partial charge in [-0.15, -0.1) is 0 Å². The molecule has 1 fully saturated rings. The van der Waals surface area contributed by atoms with E-state index in [9.17, 15) is 0 Å². The van der Waals surface area contributed by atoms with Gasteiger partial charge < -0.3 is 11.5 Å². The van der Waals surface area contributed by atoms with Gasteiger partial charge in [0.15, 0.2) is 0 Å². The SMILES string of the molecule is NC1(N)CCCCC1(Cc1ccccc1)Cc1ccccc1. The molecule has 0 saturated heterocycles. The van der Waals surface area contributed by atoms with E-state index >= 15 is 0 Å². The Balaban J connectivity index is 1.94. The van der Waals surface area contributed by atoms with Crippen LogP contribution in [0.4, 0.5) is 0 Å². The van der Waals surface area contributed by atoms with Crippen molar-refractivity contribution in [3.05, 3.63) is 71.8 Å². The lowest BCUT2D eigenvalue weighted by Crippen LogP contribution is -2.65. The highest BCUT2D eigenvalue weighted by molar-refractivity contribution is 5.24. The van der Waals surface area contributed by atoms with Crippen LogP contribution < -0.4 is 11.5 Å². The highest BCUT2D eigenvalue weighted by Gasteiger charge is 2.47. The molecule has 1 saturated carbocycles. The van der Waals surface area contributed by atoms with Crippen molar-refractivity contribution in [2.75, 3.05) is 0 Å². The molecule has 2 heteroatoms. The summed E-state index contributed by atoms with van der Waals surface area (Å²) in [5, 5.41) is 0. The van der Waals surface area contributed by atoms with Crippen molar-refractivity contribution < 1.29 is 0 Å². The van der Waals surface area contributed by atoms with Crippen LogP contribution in [0, 0.1) is 5.41 Å². The molecule has 1 aliphatic carbocycles. The van der Waals surface area contributed by atoms with Crippen molar-refractivity contribution in [3.63, 3.8) is 0 Å². The zero-order valence-corrected chi connectivity index (χ0v) is 13.2. The van der Waals surface area contributed by atoms with Gasteiger partial charge in [0, 0.05) is 5.41 Å². The number of hydrogen-bond donors (Lipinski definition) is 2. The molecular weight excluding hydrogens is 268 g/mol. The summed E-state index contributed by atoms with van der Waals surface area (Å²) in [6, 6.07) is 21.3. The fourth-order valence-corrected chi connectivity index (χ4v) is 3.92. The first-order chi connectivity index (χ1) is 10.6. The van der Waals surface area contributed by atoms with Crippen LogP contribution in [0.5, 0.6) is 0 Å². The van der Waals surface area contributed by atoms with Crippen LogP contribution in [0.2, 0.25) is 0 Å². The maximum Gasteiger partial charge on any atom is 0.0700 e. The Labute approximate surface area is 133 Å².